The minimum atomic E-state index is -0.252. The van der Waals surface area contributed by atoms with Crippen LogP contribution in [0.25, 0.3) is 0 Å². The van der Waals surface area contributed by atoms with E-state index in [9.17, 15) is 4.79 Å². The summed E-state index contributed by atoms with van der Waals surface area (Å²) in [6, 6.07) is 0. The summed E-state index contributed by atoms with van der Waals surface area (Å²) in [6.45, 7) is 8.91. The molecule has 0 aromatic heterocycles. The lowest BCUT2D eigenvalue weighted by Gasteiger charge is -2.39. The van der Waals surface area contributed by atoms with Gasteiger partial charge >= 0.3 is 5.97 Å². The Balaban J connectivity index is 5.38. The first kappa shape index (κ1) is 21.9. The van der Waals surface area contributed by atoms with Crippen LogP contribution in [0.1, 0.15) is 105 Å². The van der Waals surface area contributed by atoms with Crippen LogP contribution in [-0.4, -0.2) is 5.97 Å². The molecule has 0 aliphatic rings. The fourth-order valence-corrected chi connectivity index (χ4v) is 3.84. The predicted molar refractivity (Wildman–Crippen MR) is 99.8 cm³/mol. The van der Waals surface area contributed by atoms with Crippen molar-refractivity contribution in [3.63, 3.8) is 0 Å². The van der Waals surface area contributed by atoms with Gasteiger partial charge in [-0.25, -0.2) is 0 Å². The molecule has 0 saturated heterocycles. The number of carbonyl (C=O) groups is 1. The Hall–Kier alpha value is -0.100. The van der Waals surface area contributed by atoms with E-state index in [1.54, 1.807) is 0 Å². The highest BCUT2D eigenvalue weighted by Gasteiger charge is 2.44. The molecule has 0 aromatic carbocycles. The van der Waals surface area contributed by atoms with Crippen LogP contribution in [0.5, 0.6) is 0 Å². The largest absolute Gasteiger partial charge is 0.451 e. The zero-order chi connectivity index (χ0) is 16.8. The molecule has 1 atom stereocenters. The van der Waals surface area contributed by atoms with Crippen molar-refractivity contribution in [2.45, 2.75) is 105 Å². The van der Waals surface area contributed by atoms with Gasteiger partial charge in [-0.15, -0.1) is 0 Å². The Labute approximate surface area is 141 Å². The van der Waals surface area contributed by atoms with E-state index in [2.05, 4.69) is 37.2 Å². The van der Waals surface area contributed by atoms with Crippen molar-refractivity contribution in [1.82, 2.24) is 0 Å². The second kappa shape index (κ2) is 13.3. The van der Waals surface area contributed by atoms with Gasteiger partial charge < -0.3 is 4.52 Å². The molecule has 0 saturated carbocycles. The maximum absolute atomic E-state index is 12.8. The van der Waals surface area contributed by atoms with Crippen molar-refractivity contribution in [2.75, 3.05) is 0 Å². The van der Waals surface area contributed by atoms with Gasteiger partial charge in [0, 0.05) is 0 Å². The first-order valence-corrected chi connectivity index (χ1v) is 10.0. The van der Waals surface area contributed by atoms with Crippen LogP contribution in [0.15, 0.2) is 0 Å². The normalized spacial score (nSPS) is 11.9. The maximum Gasteiger partial charge on any atom is 0.314 e. The lowest BCUT2D eigenvalue weighted by atomic mass is 9.65. The molecule has 0 fully saturated rings. The van der Waals surface area contributed by atoms with Crippen LogP contribution in [0, 0.1) is 11.3 Å². The average Bonchev–Trinajstić information content (AvgIpc) is 2.55. The van der Waals surface area contributed by atoms with Crippen molar-refractivity contribution >= 4 is 15.4 Å². The molecule has 0 heterocycles. The van der Waals surface area contributed by atoms with Gasteiger partial charge in [0.05, 0.1) is 14.9 Å². The lowest BCUT2D eigenvalue weighted by Crippen LogP contribution is -2.39. The molecular weight excluding hydrogens is 291 g/mol. The van der Waals surface area contributed by atoms with Crippen LogP contribution < -0.4 is 0 Å². The summed E-state index contributed by atoms with van der Waals surface area (Å²) in [7, 11) is 2.20. The highest BCUT2D eigenvalue weighted by atomic mass is 31.0. The summed E-state index contributed by atoms with van der Waals surface area (Å²) >= 11 is 0. The maximum atomic E-state index is 12.8. The van der Waals surface area contributed by atoms with Crippen molar-refractivity contribution in [2.24, 2.45) is 11.3 Å². The van der Waals surface area contributed by atoms with Gasteiger partial charge in [-0.05, 0) is 31.6 Å². The van der Waals surface area contributed by atoms with Crippen LogP contribution in [0.3, 0.4) is 0 Å². The molecule has 3 heteroatoms. The van der Waals surface area contributed by atoms with Gasteiger partial charge in [-0.1, -0.05) is 79.1 Å². The lowest BCUT2D eigenvalue weighted by molar-refractivity contribution is -0.150. The van der Waals surface area contributed by atoms with Crippen molar-refractivity contribution in [3.8, 4) is 0 Å². The molecule has 0 amide bonds. The van der Waals surface area contributed by atoms with E-state index in [-0.39, 0.29) is 11.4 Å². The van der Waals surface area contributed by atoms with E-state index in [0.717, 1.165) is 38.5 Å². The van der Waals surface area contributed by atoms with Gasteiger partial charge in [0.2, 0.25) is 0 Å². The molecule has 2 nitrogen and oxygen atoms in total. The van der Waals surface area contributed by atoms with Crippen LogP contribution >= 0.6 is 9.47 Å². The van der Waals surface area contributed by atoms with Gasteiger partial charge in [-0.3, -0.25) is 4.79 Å². The summed E-state index contributed by atoms with van der Waals surface area (Å²) in [5.74, 6) is 0.509. The molecule has 0 aromatic rings. The van der Waals surface area contributed by atoms with Gasteiger partial charge in [-0.2, -0.15) is 0 Å². The van der Waals surface area contributed by atoms with Gasteiger partial charge in [0.1, 0.15) is 0 Å². The van der Waals surface area contributed by atoms with Crippen LogP contribution in [-0.2, 0) is 9.32 Å². The SMILES string of the molecule is CCCCC(CCCC)C(CCCC)(CCCC)C(=O)OP. The Morgan fingerprint density at radius 2 is 1.27 bits per heavy atom. The molecular formula is C19H39O2P. The Morgan fingerprint density at radius 1 is 0.864 bits per heavy atom. The standard InChI is InChI=1S/C19H39O2P/c1-5-9-13-17(14-10-6-2)19(15-11-7-3,16-12-8-4)18(20)21-22/h17H,5-16,22H2,1-4H3. The summed E-state index contributed by atoms with van der Waals surface area (Å²) in [6.07, 6.45) is 13.7. The molecule has 0 rings (SSSR count). The number of unbranched alkanes of at least 4 members (excludes halogenated alkanes) is 4. The van der Waals surface area contributed by atoms with E-state index in [1.807, 2.05) is 0 Å². The molecule has 1 unspecified atom stereocenters. The number of carbonyl (C=O) groups excluding carboxylic acids is 1. The quantitative estimate of drug-likeness (QED) is 0.332. The molecule has 0 aliphatic heterocycles. The van der Waals surface area contributed by atoms with Crippen molar-refractivity contribution in [3.05, 3.63) is 0 Å². The summed E-state index contributed by atoms with van der Waals surface area (Å²) in [5.41, 5.74) is -0.252. The van der Waals surface area contributed by atoms with E-state index >= 15 is 0 Å². The van der Waals surface area contributed by atoms with Crippen LogP contribution in [0.2, 0.25) is 0 Å². The first-order chi connectivity index (χ1) is 10.6. The van der Waals surface area contributed by atoms with Crippen molar-refractivity contribution < 1.29 is 9.32 Å². The smallest absolute Gasteiger partial charge is 0.314 e. The van der Waals surface area contributed by atoms with Gasteiger partial charge in [0.25, 0.3) is 0 Å². The number of hydrogen-bond donors (Lipinski definition) is 0. The number of rotatable bonds is 14. The van der Waals surface area contributed by atoms with E-state index < -0.39 is 0 Å². The van der Waals surface area contributed by atoms with E-state index in [4.69, 9.17) is 4.52 Å². The zero-order valence-electron chi connectivity index (χ0n) is 15.5. The zero-order valence-corrected chi connectivity index (χ0v) is 16.6. The third-order valence-electron chi connectivity index (χ3n) is 5.06. The Kier molecular flexibility index (Phi) is 13.3. The molecule has 132 valence electrons. The topological polar surface area (TPSA) is 26.3 Å². The molecule has 0 N–H and O–H groups in total. The average molecular weight is 330 g/mol. The number of hydrogen-bond acceptors (Lipinski definition) is 2. The third-order valence-corrected chi connectivity index (χ3v) is 5.27. The second-order valence-corrected chi connectivity index (χ2v) is 6.99. The highest BCUT2D eigenvalue weighted by molar-refractivity contribution is 7.10. The highest BCUT2D eigenvalue weighted by Crippen LogP contribution is 2.45. The minimum Gasteiger partial charge on any atom is -0.451 e. The minimum absolute atomic E-state index is 0.0246. The molecule has 0 bridgehead atoms. The monoisotopic (exact) mass is 330 g/mol. The molecule has 0 radical (unpaired) electrons. The molecule has 0 aliphatic carbocycles. The molecule has 22 heavy (non-hydrogen) atoms. The van der Waals surface area contributed by atoms with E-state index in [1.165, 1.54) is 38.5 Å². The first-order valence-electron chi connectivity index (χ1n) is 9.53. The Bertz CT molecular complexity index is 263. The van der Waals surface area contributed by atoms with Crippen LogP contribution in [0.4, 0.5) is 0 Å². The molecule has 0 spiro atoms. The Morgan fingerprint density at radius 3 is 1.59 bits per heavy atom. The second-order valence-electron chi connectivity index (χ2n) is 6.75. The third kappa shape index (κ3) is 6.99. The predicted octanol–water partition coefficient (Wildman–Crippen LogP) is 6.68. The van der Waals surface area contributed by atoms with Gasteiger partial charge in [0.15, 0.2) is 0 Å². The fourth-order valence-electron chi connectivity index (χ4n) is 3.60. The summed E-state index contributed by atoms with van der Waals surface area (Å²) < 4.78 is 5.23. The summed E-state index contributed by atoms with van der Waals surface area (Å²) in [4.78, 5) is 12.8. The fraction of sp³-hybridized carbons (Fsp3) is 0.947. The summed E-state index contributed by atoms with van der Waals surface area (Å²) in [5, 5.41) is 0. The van der Waals surface area contributed by atoms with E-state index in [0.29, 0.717) is 5.92 Å². The van der Waals surface area contributed by atoms with Crippen molar-refractivity contribution in [1.29, 1.82) is 0 Å².